The second kappa shape index (κ2) is 5.83. The summed E-state index contributed by atoms with van der Waals surface area (Å²) >= 11 is 0. The number of aliphatic hydroxyl groups excluding tert-OH is 3. The lowest BCUT2D eigenvalue weighted by atomic mass is 9.96. The Balaban J connectivity index is 2.42. The van der Waals surface area contributed by atoms with Crippen LogP contribution in [0, 0.1) is 11.8 Å². The maximum absolute atomic E-state index is 11.8. The minimum atomic E-state index is -1.64. The van der Waals surface area contributed by atoms with E-state index in [2.05, 4.69) is 16.8 Å². The molecular weight excluding hydrogens is 278 g/mol. The Kier molecular flexibility index (Phi) is 4.29. The van der Waals surface area contributed by atoms with Crippen molar-refractivity contribution >= 4 is 5.82 Å². The Hall–Kier alpha value is -1.92. The van der Waals surface area contributed by atoms with Gasteiger partial charge in [-0.1, -0.05) is 12.8 Å². The van der Waals surface area contributed by atoms with Crippen LogP contribution in [0.5, 0.6) is 0 Å². The molecule has 0 spiro atoms. The van der Waals surface area contributed by atoms with Crippen molar-refractivity contribution in [3.05, 3.63) is 22.7 Å². The van der Waals surface area contributed by atoms with E-state index in [4.69, 9.17) is 10.5 Å². The van der Waals surface area contributed by atoms with Gasteiger partial charge in [-0.3, -0.25) is 4.57 Å². The highest BCUT2D eigenvalue weighted by Gasteiger charge is 2.54. The summed E-state index contributed by atoms with van der Waals surface area (Å²) in [6.07, 6.45) is -2.32. The van der Waals surface area contributed by atoms with E-state index in [1.54, 1.807) is 6.92 Å². The predicted octanol–water partition coefficient (Wildman–Crippen LogP) is -1.78. The number of anilines is 1. The topological polar surface area (TPSA) is 131 Å². The molecule has 0 saturated carbocycles. The fourth-order valence-electron chi connectivity index (χ4n) is 2.14. The van der Waals surface area contributed by atoms with E-state index in [9.17, 15) is 20.1 Å². The van der Waals surface area contributed by atoms with E-state index >= 15 is 0 Å². The minimum absolute atomic E-state index is 0.0310. The zero-order valence-corrected chi connectivity index (χ0v) is 11.4. The maximum atomic E-state index is 11.8. The number of nitrogens with zero attached hydrogens (tertiary/aromatic N) is 2. The average molecular weight is 295 g/mol. The summed E-state index contributed by atoms with van der Waals surface area (Å²) in [6, 6.07) is 1.36. The molecule has 2 rings (SSSR count). The van der Waals surface area contributed by atoms with E-state index in [0.29, 0.717) is 6.42 Å². The lowest BCUT2D eigenvalue weighted by Gasteiger charge is -2.23. The quantitative estimate of drug-likeness (QED) is 0.474. The van der Waals surface area contributed by atoms with Gasteiger partial charge in [-0.15, -0.1) is 5.92 Å². The van der Waals surface area contributed by atoms with Crippen molar-refractivity contribution in [2.24, 2.45) is 0 Å². The van der Waals surface area contributed by atoms with E-state index in [1.807, 2.05) is 0 Å². The first-order valence-corrected chi connectivity index (χ1v) is 6.44. The predicted molar refractivity (Wildman–Crippen MR) is 72.9 cm³/mol. The van der Waals surface area contributed by atoms with Crippen molar-refractivity contribution in [1.29, 1.82) is 0 Å². The van der Waals surface area contributed by atoms with Gasteiger partial charge in [0.1, 0.15) is 18.0 Å². The number of nitrogen functional groups attached to an aromatic ring is 1. The Labute approximate surface area is 120 Å². The summed E-state index contributed by atoms with van der Waals surface area (Å²) in [5.41, 5.74) is 3.02. The smallest absolute Gasteiger partial charge is 0.351 e. The van der Waals surface area contributed by atoms with Crippen LogP contribution in [0.25, 0.3) is 0 Å². The minimum Gasteiger partial charge on any atom is -0.392 e. The molecule has 114 valence electrons. The molecule has 0 amide bonds. The first-order chi connectivity index (χ1) is 9.95. The van der Waals surface area contributed by atoms with Crippen LogP contribution in [0.15, 0.2) is 17.1 Å². The van der Waals surface area contributed by atoms with Crippen molar-refractivity contribution in [1.82, 2.24) is 9.55 Å². The van der Waals surface area contributed by atoms with Gasteiger partial charge < -0.3 is 25.8 Å². The Morgan fingerprint density at radius 3 is 2.86 bits per heavy atom. The standard InChI is InChI=1S/C13H17N3O5/c1-2-3-5-13(7-17)10(19)9(18)11(21-13)16-6-4-8(14)15-12(16)20/h4,6,9-11,17-19H,2,7H2,1H3,(H2,14,15,20). The molecule has 1 aromatic rings. The summed E-state index contributed by atoms with van der Waals surface area (Å²) in [7, 11) is 0. The lowest BCUT2D eigenvalue weighted by Crippen LogP contribution is -2.45. The van der Waals surface area contributed by atoms with Crippen molar-refractivity contribution in [3.63, 3.8) is 0 Å². The van der Waals surface area contributed by atoms with Crippen LogP contribution < -0.4 is 11.4 Å². The molecule has 4 atom stereocenters. The van der Waals surface area contributed by atoms with E-state index in [0.717, 1.165) is 4.57 Å². The molecule has 5 N–H and O–H groups in total. The van der Waals surface area contributed by atoms with Crippen LogP contribution >= 0.6 is 0 Å². The lowest BCUT2D eigenvalue weighted by molar-refractivity contribution is -0.0937. The molecule has 8 heteroatoms. The summed E-state index contributed by atoms with van der Waals surface area (Å²) in [5.74, 6) is 5.34. The van der Waals surface area contributed by atoms with Crippen LogP contribution in [0.1, 0.15) is 19.6 Å². The highest BCUT2D eigenvalue weighted by atomic mass is 16.6. The molecule has 1 saturated heterocycles. The summed E-state index contributed by atoms with van der Waals surface area (Å²) in [5, 5.41) is 29.7. The van der Waals surface area contributed by atoms with Gasteiger partial charge in [0.25, 0.3) is 0 Å². The molecule has 8 nitrogen and oxygen atoms in total. The normalized spacial score (nSPS) is 31.7. The highest BCUT2D eigenvalue weighted by molar-refractivity contribution is 5.25. The maximum Gasteiger partial charge on any atom is 0.351 e. The number of rotatable bonds is 2. The second-order valence-corrected chi connectivity index (χ2v) is 4.69. The van der Waals surface area contributed by atoms with Gasteiger partial charge in [-0.25, -0.2) is 4.79 Å². The zero-order chi connectivity index (χ0) is 15.6. The fourth-order valence-corrected chi connectivity index (χ4v) is 2.14. The molecule has 1 fully saturated rings. The summed E-state index contributed by atoms with van der Waals surface area (Å²) < 4.78 is 6.49. The summed E-state index contributed by atoms with van der Waals surface area (Å²) in [6.45, 7) is 1.17. The van der Waals surface area contributed by atoms with Gasteiger partial charge in [0.05, 0.1) is 6.61 Å². The van der Waals surface area contributed by atoms with Gasteiger partial charge >= 0.3 is 5.69 Å². The number of aliphatic hydroxyl groups is 3. The Morgan fingerprint density at radius 2 is 2.29 bits per heavy atom. The highest BCUT2D eigenvalue weighted by Crippen LogP contribution is 2.36. The fraction of sp³-hybridized carbons (Fsp3) is 0.538. The van der Waals surface area contributed by atoms with Gasteiger partial charge in [0.2, 0.25) is 0 Å². The Morgan fingerprint density at radius 1 is 1.57 bits per heavy atom. The number of hydrogen-bond acceptors (Lipinski definition) is 7. The second-order valence-electron chi connectivity index (χ2n) is 4.69. The Bertz CT molecular complexity index is 635. The van der Waals surface area contributed by atoms with Gasteiger partial charge in [0, 0.05) is 12.6 Å². The molecule has 0 bridgehead atoms. The van der Waals surface area contributed by atoms with Crippen LogP contribution in [0.2, 0.25) is 0 Å². The van der Waals surface area contributed by atoms with E-state index in [1.165, 1.54) is 12.3 Å². The largest absolute Gasteiger partial charge is 0.392 e. The first-order valence-electron chi connectivity index (χ1n) is 6.44. The van der Waals surface area contributed by atoms with Crippen LogP contribution in [-0.2, 0) is 4.74 Å². The molecule has 0 aromatic carbocycles. The van der Waals surface area contributed by atoms with Crippen LogP contribution in [0.4, 0.5) is 5.82 Å². The van der Waals surface area contributed by atoms with Crippen molar-refractivity contribution in [2.75, 3.05) is 12.3 Å². The van der Waals surface area contributed by atoms with E-state index in [-0.39, 0.29) is 5.82 Å². The summed E-state index contributed by atoms with van der Waals surface area (Å²) in [4.78, 5) is 15.3. The SMILES string of the molecule is CCC#CC1(CO)OC(n2ccc(N)nc2=O)C(O)C1O. The zero-order valence-electron chi connectivity index (χ0n) is 11.4. The number of hydrogen-bond donors (Lipinski definition) is 4. The molecule has 21 heavy (non-hydrogen) atoms. The molecule has 2 heterocycles. The molecular formula is C13H17N3O5. The molecule has 0 radical (unpaired) electrons. The third-order valence-electron chi connectivity index (χ3n) is 3.26. The third kappa shape index (κ3) is 2.64. The number of aromatic nitrogens is 2. The molecule has 1 aliphatic rings. The van der Waals surface area contributed by atoms with Crippen molar-refractivity contribution in [2.45, 2.75) is 37.4 Å². The van der Waals surface area contributed by atoms with Crippen LogP contribution in [0.3, 0.4) is 0 Å². The molecule has 1 aromatic heterocycles. The van der Waals surface area contributed by atoms with E-state index < -0.39 is 36.3 Å². The molecule has 4 unspecified atom stereocenters. The number of ether oxygens (including phenoxy) is 1. The third-order valence-corrected chi connectivity index (χ3v) is 3.26. The van der Waals surface area contributed by atoms with Gasteiger partial charge in [-0.2, -0.15) is 4.98 Å². The molecule has 0 aliphatic carbocycles. The first kappa shape index (κ1) is 15.5. The average Bonchev–Trinajstić information content (AvgIpc) is 2.71. The monoisotopic (exact) mass is 295 g/mol. The van der Waals surface area contributed by atoms with Crippen molar-refractivity contribution < 1.29 is 20.1 Å². The van der Waals surface area contributed by atoms with Crippen LogP contribution in [-0.4, -0.2) is 49.3 Å². The molecule has 1 aliphatic heterocycles. The van der Waals surface area contributed by atoms with Crippen molar-refractivity contribution in [3.8, 4) is 11.8 Å². The number of nitrogens with two attached hydrogens (primary N) is 1. The van der Waals surface area contributed by atoms with Gasteiger partial charge in [0.15, 0.2) is 11.8 Å². The van der Waals surface area contributed by atoms with Gasteiger partial charge in [-0.05, 0) is 6.07 Å².